The third kappa shape index (κ3) is 40.5. The molecule has 572 valence electrons. The van der Waals surface area contributed by atoms with Crippen LogP contribution in [-0.4, -0.2) is 193 Å². The number of nitrogens with one attached hydrogen (secondary N) is 1. The Balaban J connectivity index is 1.41. The van der Waals surface area contributed by atoms with Crippen LogP contribution in [0.25, 0.3) is 0 Å². The van der Waals surface area contributed by atoms with Crippen molar-refractivity contribution in [3.8, 4) is 0 Å². The van der Waals surface area contributed by atoms with Gasteiger partial charge in [0.25, 0.3) is 0 Å². The lowest BCUT2D eigenvalue weighted by Gasteiger charge is -2.48. The van der Waals surface area contributed by atoms with Gasteiger partial charge in [-0.25, -0.2) is 0 Å². The molecular formula is C80H139NO18. The first-order valence-electron chi connectivity index (χ1n) is 39.0. The number of hydrogen-bond acceptors (Lipinski definition) is 18. The molecule has 3 rings (SSSR count). The highest BCUT2D eigenvalue weighted by atomic mass is 16.8. The summed E-state index contributed by atoms with van der Waals surface area (Å²) in [6, 6.07) is -1.02. The number of carbonyl (C=O) groups is 1. The Labute approximate surface area is 596 Å². The average molecular weight is 1400 g/mol. The summed E-state index contributed by atoms with van der Waals surface area (Å²) < 4.78 is 34.4. The fourth-order valence-electron chi connectivity index (χ4n) is 12.6. The van der Waals surface area contributed by atoms with Gasteiger partial charge in [-0.05, 0) is 89.9 Å². The molecule has 17 unspecified atom stereocenters. The van der Waals surface area contributed by atoms with Gasteiger partial charge >= 0.3 is 0 Å². The van der Waals surface area contributed by atoms with E-state index in [0.717, 1.165) is 89.9 Å². The number of allylic oxidation sites excluding steroid dienone is 15. The number of amides is 1. The minimum Gasteiger partial charge on any atom is -0.394 e. The van der Waals surface area contributed by atoms with Crippen molar-refractivity contribution in [3.05, 3.63) is 97.2 Å². The Kier molecular flexibility index (Phi) is 54.5. The summed E-state index contributed by atoms with van der Waals surface area (Å²) in [4.78, 5) is 13.4. The molecule has 0 aromatic heterocycles. The van der Waals surface area contributed by atoms with Crippen LogP contribution in [0, 0.1) is 0 Å². The van der Waals surface area contributed by atoms with Crippen LogP contribution in [0.2, 0.25) is 0 Å². The van der Waals surface area contributed by atoms with Gasteiger partial charge in [0.2, 0.25) is 5.91 Å². The van der Waals surface area contributed by atoms with Crippen LogP contribution in [0.4, 0.5) is 0 Å². The summed E-state index contributed by atoms with van der Waals surface area (Å²) in [6.07, 6.45) is 54.0. The fourth-order valence-corrected chi connectivity index (χ4v) is 12.6. The molecule has 0 aliphatic carbocycles. The molecule has 0 aromatic rings. The average Bonchev–Trinajstić information content (AvgIpc) is 0.784. The minimum atomic E-state index is -1.99. The molecule has 0 radical (unpaired) electrons. The van der Waals surface area contributed by atoms with Crippen molar-refractivity contribution >= 4 is 5.91 Å². The van der Waals surface area contributed by atoms with Crippen LogP contribution in [0.1, 0.15) is 271 Å². The Morgan fingerprint density at radius 1 is 0.374 bits per heavy atom. The van der Waals surface area contributed by atoms with Crippen LogP contribution in [0.5, 0.6) is 0 Å². The largest absolute Gasteiger partial charge is 0.394 e. The van der Waals surface area contributed by atoms with E-state index >= 15 is 0 Å². The molecule has 0 saturated carbocycles. The Hall–Kier alpha value is -3.29. The normalized spacial score (nSPS) is 27.1. The lowest BCUT2D eigenvalue weighted by atomic mass is 9.96. The summed E-state index contributed by atoms with van der Waals surface area (Å²) >= 11 is 0. The maximum atomic E-state index is 13.4. The highest BCUT2D eigenvalue weighted by Crippen LogP contribution is 2.33. The molecule has 0 aromatic carbocycles. The fraction of sp³-hybridized carbons (Fsp3) is 0.787. The number of rotatable bonds is 60. The molecule has 99 heavy (non-hydrogen) atoms. The molecule has 0 bridgehead atoms. The van der Waals surface area contributed by atoms with E-state index in [2.05, 4.69) is 104 Å². The number of aliphatic hydroxyl groups is 11. The SMILES string of the molecule is CC/C=C\C/C=C\C/C=C\C/C=C\C/C=C\CCCCCCCC(=O)NC(COC1OC(CO)C(OC2OC(CO)C(OC3OC(CO)C(O)C(O)C3O)C(O)C2O)C(O)C1O)C(O)/C=C/CC/C=C/CC/C=C/CCCCCCCCCCCCCCCCCCCCCCCCC. The lowest BCUT2D eigenvalue weighted by Crippen LogP contribution is -2.66. The lowest BCUT2D eigenvalue weighted by molar-refractivity contribution is -0.379. The molecular weight excluding hydrogens is 1260 g/mol. The highest BCUT2D eigenvalue weighted by molar-refractivity contribution is 5.76. The van der Waals surface area contributed by atoms with Gasteiger partial charge in [0.15, 0.2) is 18.9 Å². The molecule has 3 aliphatic rings. The summed E-state index contributed by atoms with van der Waals surface area (Å²) in [5.74, 6) is -0.310. The zero-order valence-electron chi connectivity index (χ0n) is 60.9. The van der Waals surface area contributed by atoms with Gasteiger partial charge in [-0.3, -0.25) is 4.79 Å². The van der Waals surface area contributed by atoms with Gasteiger partial charge in [0, 0.05) is 6.42 Å². The van der Waals surface area contributed by atoms with E-state index in [-0.39, 0.29) is 18.9 Å². The second-order valence-corrected chi connectivity index (χ2v) is 27.4. The molecule has 12 N–H and O–H groups in total. The molecule has 1 amide bonds. The zero-order valence-corrected chi connectivity index (χ0v) is 60.9. The van der Waals surface area contributed by atoms with Crippen molar-refractivity contribution in [2.24, 2.45) is 0 Å². The van der Waals surface area contributed by atoms with Crippen LogP contribution in [-0.2, 0) is 33.2 Å². The van der Waals surface area contributed by atoms with Crippen LogP contribution in [0.15, 0.2) is 97.2 Å². The second-order valence-electron chi connectivity index (χ2n) is 27.4. The molecule has 17 atom stereocenters. The second kappa shape index (κ2) is 60.0. The molecule has 3 saturated heterocycles. The van der Waals surface area contributed by atoms with Gasteiger partial charge in [-0.15, -0.1) is 0 Å². The minimum absolute atomic E-state index is 0.204. The van der Waals surface area contributed by atoms with Crippen molar-refractivity contribution in [3.63, 3.8) is 0 Å². The molecule has 19 heteroatoms. The molecule has 3 fully saturated rings. The first-order valence-corrected chi connectivity index (χ1v) is 39.0. The van der Waals surface area contributed by atoms with Crippen LogP contribution < -0.4 is 5.32 Å². The number of aliphatic hydroxyl groups excluding tert-OH is 11. The van der Waals surface area contributed by atoms with E-state index in [1.807, 2.05) is 6.08 Å². The van der Waals surface area contributed by atoms with E-state index in [0.29, 0.717) is 12.8 Å². The first kappa shape index (κ1) is 89.9. The van der Waals surface area contributed by atoms with Crippen molar-refractivity contribution in [2.45, 2.75) is 375 Å². The summed E-state index contributed by atoms with van der Waals surface area (Å²) in [7, 11) is 0. The number of ether oxygens (including phenoxy) is 6. The van der Waals surface area contributed by atoms with Gasteiger partial charge in [0.1, 0.15) is 73.2 Å². The summed E-state index contributed by atoms with van der Waals surface area (Å²) in [5, 5.41) is 121. The topological polar surface area (TPSA) is 307 Å². The maximum Gasteiger partial charge on any atom is 0.220 e. The number of unbranched alkanes of at least 4 members (excludes halogenated alkanes) is 30. The van der Waals surface area contributed by atoms with Crippen molar-refractivity contribution in [2.75, 3.05) is 26.4 Å². The Morgan fingerprint density at radius 3 is 1.13 bits per heavy atom. The van der Waals surface area contributed by atoms with Crippen LogP contribution in [0.3, 0.4) is 0 Å². The van der Waals surface area contributed by atoms with Gasteiger partial charge in [-0.2, -0.15) is 0 Å². The van der Waals surface area contributed by atoms with E-state index in [4.69, 9.17) is 28.4 Å². The summed E-state index contributed by atoms with van der Waals surface area (Å²) in [6.45, 7) is 1.59. The van der Waals surface area contributed by atoms with Gasteiger partial charge in [-0.1, -0.05) is 272 Å². The zero-order chi connectivity index (χ0) is 71.8. The van der Waals surface area contributed by atoms with E-state index in [1.54, 1.807) is 6.08 Å². The predicted molar refractivity (Wildman–Crippen MR) is 392 cm³/mol. The standard InChI is InChI=1S/C80H139NO18/c1-3-5-7-9-11-13-15-17-19-21-23-25-26-27-28-29-30-31-32-33-34-35-36-38-39-41-43-45-47-49-51-53-55-57-64(85)63(81-68(86)58-56-54-52-50-48-46-44-42-40-37-24-22-20-18-16-14-12-10-8-6-4-2)62-94-78-74(92)71(89)76(66(60-83)96-78)99-80-75(93)72(90)77(67(61-84)97-80)98-79-73(91)70(88)69(87)65(59-82)95-79/h6,8,12,14,18,20,24,37,39,41-42,44,47,49,55,57,63-67,69-80,82-85,87-93H,3-5,7,9-11,13,15-17,19,21-23,25-36,38,40,43,45-46,48,50-54,56,58-62H2,1-2H3,(H,81,86)/b8-6-,14-12-,20-18-,37-24-,41-39+,44-42-,49-47+,57-55+. The van der Waals surface area contributed by atoms with Crippen LogP contribution >= 0.6 is 0 Å². The monoisotopic (exact) mass is 1400 g/mol. The number of hydrogen-bond donors (Lipinski definition) is 12. The van der Waals surface area contributed by atoms with E-state index in [9.17, 15) is 61.0 Å². The molecule has 19 nitrogen and oxygen atoms in total. The molecule has 3 heterocycles. The molecule has 0 spiro atoms. The van der Waals surface area contributed by atoms with E-state index < -0.39 is 124 Å². The summed E-state index contributed by atoms with van der Waals surface area (Å²) in [5.41, 5.74) is 0. The first-order chi connectivity index (χ1) is 48.3. The predicted octanol–water partition coefficient (Wildman–Crippen LogP) is 12.4. The highest BCUT2D eigenvalue weighted by Gasteiger charge is 2.53. The Morgan fingerprint density at radius 2 is 0.707 bits per heavy atom. The van der Waals surface area contributed by atoms with Crippen molar-refractivity contribution in [1.82, 2.24) is 5.32 Å². The third-order valence-corrected chi connectivity index (χ3v) is 18.8. The Bertz CT molecular complexity index is 2170. The van der Waals surface area contributed by atoms with Gasteiger partial charge < -0.3 is 89.9 Å². The van der Waals surface area contributed by atoms with E-state index in [1.165, 1.54) is 148 Å². The maximum absolute atomic E-state index is 13.4. The smallest absolute Gasteiger partial charge is 0.220 e. The van der Waals surface area contributed by atoms with Crippen molar-refractivity contribution in [1.29, 1.82) is 0 Å². The third-order valence-electron chi connectivity index (χ3n) is 18.8. The van der Waals surface area contributed by atoms with Gasteiger partial charge in [0.05, 0.1) is 38.6 Å². The number of carbonyl (C=O) groups excluding carboxylic acids is 1. The quantitative estimate of drug-likeness (QED) is 0.0199. The molecule has 3 aliphatic heterocycles. The van der Waals surface area contributed by atoms with Crippen molar-refractivity contribution < 1.29 is 89.4 Å².